The van der Waals surface area contributed by atoms with Gasteiger partial charge in [0.05, 0.1) is 10.6 Å². The number of carbonyl (C=O) groups is 2. The van der Waals surface area contributed by atoms with E-state index in [1.807, 2.05) is 24.1 Å². The molecule has 5 rings (SSSR count). The van der Waals surface area contributed by atoms with Crippen LogP contribution in [0.25, 0.3) is 11.3 Å². The topological polar surface area (TPSA) is 96.9 Å². The molecular formula is C28H35N3O5S. The highest BCUT2D eigenvalue weighted by atomic mass is 32.2. The van der Waals surface area contributed by atoms with E-state index in [1.165, 1.54) is 25.5 Å². The molecule has 2 aliphatic heterocycles. The van der Waals surface area contributed by atoms with Gasteiger partial charge < -0.3 is 14.5 Å². The number of pyridine rings is 1. The van der Waals surface area contributed by atoms with E-state index < -0.39 is 21.4 Å². The number of hydrogen-bond donors (Lipinski definition) is 0. The molecule has 37 heavy (non-hydrogen) atoms. The van der Waals surface area contributed by atoms with Crippen LogP contribution in [-0.2, 0) is 25.0 Å². The molecule has 1 amide bonds. The Hall–Kier alpha value is -2.78. The highest BCUT2D eigenvalue weighted by molar-refractivity contribution is 7.90. The van der Waals surface area contributed by atoms with Gasteiger partial charge in [0.25, 0.3) is 0 Å². The van der Waals surface area contributed by atoms with Crippen LogP contribution in [-0.4, -0.2) is 74.6 Å². The Balaban J connectivity index is 1.24. The van der Waals surface area contributed by atoms with Crippen LogP contribution in [0.1, 0.15) is 61.0 Å². The highest BCUT2D eigenvalue weighted by Gasteiger charge is 2.49. The van der Waals surface area contributed by atoms with Gasteiger partial charge in [-0.2, -0.15) is 0 Å². The molecule has 9 heteroatoms. The van der Waals surface area contributed by atoms with Crippen LogP contribution < -0.4 is 0 Å². The van der Waals surface area contributed by atoms with E-state index in [2.05, 4.69) is 9.88 Å². The monoisotopic (exact) mass is 525 g/mol. The zero-order valence-electron chi connectivity index (χ0n) is 21.6. The zero-order chi connectivity index (χ0) is 26.2. The van der Waals surface area contributed by atoms with Crippen molar-refractivity contribution in [1.29, 1.82) is 0 Å². The molecule has 0 radical (unpaired) electrons. The SMILES string of the molecule is CN(CCN1CCCCC1)C(=O)[C@H]1CC[C@@]2(CC1)OC(=O)c1nc(-c3ccc(S(C)(=O)=O)cc3)ccc12. The number of amides is 1. The third kappa shape index (κ3) is 5.29. The van der Waals surface area contributed by atoms with Crippen molar-refractivity contribution in [3.05, 3.63) is 47.7 Å². The molecule has 2 fully saturated rings. The van der Waals surface area contributed by atoms with E-state index in [-0.39, 0.29) is 16.7 Å². The first-order valence-electron chi connectivity index (χ1n) is 13.2. The van der Waals surface area contributed by atoms with Gasteiger partial charge in [0.15, 0.2) is 15.5 Å². The molecule has 1 saturated heterocycles. The number of sulfone groups is 1. The second-order valence-electron chi connectivity index (χ2n) is 10.7. The number of carbonyl (C=O) groups excluding carboxylic acids is 2. The summed E-state index contributed by atoms with van der Waals surface area (Å²) in [5.74, 6) is -0.309. The average molecular weight is 526 g/mol. The molecule has 1 spiro atoms. The molecule has 0 unspecified atom stereocenters. The van der Waals surface area contributed by atoms with Crippen LogP contribution in [0, 0.1) is 5.92 Å². The van der Waals surface area contributed by atoms with Crippen LogP contribution >= 0.6 is 0 Å². The third-order valence-corrected chi connectivity index (χ3v) is 9.29. The van der Waals surface area contributed by atoms with E-state index >= 15 is 0 Å². The summed E-state index contributed by atoms with van der Waals surface area (Å²) in [7, 11) is -1.39. The van der Waals surface area contributed by atoms with Crippen molar-refractivity contribution in [2.75, 3.05) is 39.5 Å². The Kier molecular flexibility index (Phi) is 7.11. The van der Waals surface area contributed by atoms with Gasteiger partial charge in [-0.15, -0.1) is 0 Å². The van der Waals surface area contributed by atoms with Crippen molar-refractivity contribution in [2.45, 2.75) is 55.4 Å². The Morgan fingerprint density at radius 2 is 1.76 bits per heavy atom. The van der Waals surface area contributed by atoms with Gasteiger partial charge >= 0.3 is 5.97 Å². The smallest absolute Gasteiger partial charge is 0.358 e. The molecule has 3 aliphatic rings. The Morgan fingerprint density at radius 3 is 2.41 bits per heavy atom. The van der Waals surface area contributed by atoms with Crippen LogP contribution in [0.3, 0.4) is 0 Å². The number of piperidine rings is 1. The Bertz CT molecular complexity index is 1280. The summed E-state index contributed by atoms with van der Waals surface area (Å²) in [5.41, 5.74) is 1.70. The molecule has 0 bridgehead atoms. The van der Waals surface area contributed by atoms with Gasteiger partial charge in [0, 0.05) is 43.4 Å². The minimum atomic E-state index is -3.29. The maximum absolute atomic E-state index is 13.1. The van der Waals surface area contributed by atoms with Crippen LogP contribution in [0.5, 0.6) is 0 Å². The molecular weight excluding hydrogens is 490 g/mol. The van der Waals surface area contributed by atoms with E-state index in [0.29, 0.717) is 37.1 Å². The van der Waals surface area contributed by atoms with Crippen LogP contribution in [0.2, 0.25) is 0 Å². The number of hydrogen-bond acceptors (Lipinski definition) is 7. The van der Waals surface area contributed by atoms with Crippen molar-refractivity contribution >= 4 is 21.7 Å². The Morgan fingerprint density at radius 1 is 1.08 bits per heavy atom. The van der Waals surface area contributed by atoms with Gasteiger partial charge in [-0.1, -0.05) is 24.6 Å². The lowest BCUT2D eigenvalue weighted by Gasteiger charge is -2.37. The maximum atomic E-state index is 13.1. The Labute approximate surface area is 218 Å². The number of likely N-dealkylation sites (tertiary alicyclic amines) is 1. The van der Waals surface area contributed by atoms with Crippen LogP contribution in [0.15, 0.2) is 41.3 Å². The summed E-state index contributed by atoms with van der Waals surface area (Å²) in [4.78, 5) is 35.1. The molecule has 0 atom stereocenters. The van der Waals surface area contributed by atoms with Crippen molar-refractivity contribution in [3.63, 3.8) is 0 Å². The van der Waals surface area contributed by atoms with Crippen molar-refractivity contribution in [2.24, 2.45) is 5.92 Å². The standard InChI is InChI=1S/C28H35N3O5S/c1-30(18-19-31-16-4-3-5-17-31)26(32)21-12-14-28(15-13-21)23-10-11-24(29-25(23)27(33)36-28)20-6-8-22(9-7-20)37(2,34)35/h6-11,21H,3-5,12-19H2,1-2H3/t21-,28-. The predicted molar refractivity (Wildman–Crippen MR) is 140 cm³/mol. The number of likely N-dealkylation sites (N-methyl/N-ethyl adjacent to an activating group) is 1. The summed E-state index contributed by atoms with van der Waals surface area (Å²) in [6.45, 7) is 3.92. The van der Waals surface area contributed by atoms with Gasteiger partial charge in [-0.25, -0.2) is 18.2 Å². The molecule has 2 aromatic rings. The van der Waals surface area contributed by atoms with Gasteiger partial charge in [-0.3, -0.25) is 4.79 Å². The minimum Gasteiger partial charge on any atom is -0.449 e. The third-order valence-electron chi connectivity index (χ3n) is 8.16. The lowest BCUT2D eigenvalue weighted by molar-refractivity contribution is -0.137. The van der Waals surface area contributed by atoms with Crippen molar-refractivity contribution < 1.29 is 22.7 Å². The minimum absolute atomic E-state index is 0.0553. The number of benzene rings is 1. The molecule has 8 nitrogen and oxygen atoms in total. The van der Waals surface area contributed by atoms with Crippen LogP contribution in [0.4, 0.5) is 0 Å². The molecule has 0 N–H and O–H groups in total. The summed E-state index contributed by atoms with van der Waals surface area (Å²) >= 11 is 0. The van der Waals surface area contributed by atoms with Gasteiger partial charge in [0.1, 0.15) is 5.60 Å². The lowest BCUT2D eigenvalue weighted by atomic mass is 9.75. The summed E-state index contributed by atoms with van der Waals surface area (Å²) in [6, 6.07) is 10.2. The van der Waals surface area contributed by atoms with E-state index in [1.54, 1.807) is 24.3 Å². The molecule has 1 saturated carbocycles. The number of ether oxygens (including phenoxy) is 1. The normalized spacial score (nSPS) is 24.1. The maximum Gasteiger partial charge on any atom is 0.358 e. The first-order chi connectivity index (χ1) is 17.7. The zero-order valence-corrected chi connectivity index (χ0v) is 22.4. The van der Waals surface area contributed by atoms with E-state index in [0.717, 1.165) is 37.3 Å². The average Bonchev–Trinajstić information content (AvgIpc) is 3.17. The largest absolute Gasteiger partial charge is 0.449 e. The fourth-order valence-corrected chi connectivity index (χ4v) is 6.53. The number of nitrogens with zero attached hydrogens (tertiary/aromatic N) is 3. The van der Waals surface area contributed by atoms with Crippen molar-refractivity contribution in [1.82, 2.24) is 14.8 Å². The molecule has 1 aromatic carbocycles. The lowest BCUT2D eigenvalue weighted by Crippen LogP contribution is -2.43. The second kappa shape index (κ2) is 10.2. The molecule has 198 valence electrons. The second-order valence-corrected chi connectivity index (χ2v) is 12.7. The molecule has 1 aliphatic carbocycles. The number of fused-ring (bicyclic) bond motifs is 2. The van der Waals surface area contributed by atoms with E-state index in [4.69, 9.17) is 4.74 Å². The number of rotatable bonds is 6. The van der Waals surface area contributed by atoms with Gasteiger partial charge in [-0.05, 0) is 69.8 Å². The summed E-state index contributed by atoms with van der Waals surface area (Å²) in [5, 5.41) is 0. The fraction of sp³-hybridized carbons (Fsp3) is 0.536. The summed E-state index contributed by atoms with van der Waals surface area (Å²) in [6.07, 6.45) is 7.52. The molecule has 1 aromatic heterocycles. The number of aromatic nitrogens is 1. The predicted octanol–water partition coefficient (Wildman–Crippen LogP) is 3.65. The molecule has 3 heterocycles. The quantitative estimate of drug-likeness (QED) is 0.531. The fourth-order valence-electron chi connectivity index (χ4n) is 5.90. The first kappa shape index (κ1) is 25.9. The van der Waals surface area contributed by atoms with Gasteiger partial charge in [0.2, 0.25) is 5.91 Å². The highest BCUT2D eigenvalue weighted by Crippen LogP contribution is 2.48. The van der Waals surface area contributed by atoms with E-state index in [9.17, 15) is 18.0 Å². The first-order valence-corrected chi connectivity index (χ1v) is 15.1. The van der Waals surface area contributed by atoms with Crippen molar-refractivity contribution in [3.8, 4) is 11.3 Å². The number of esters is 1. The summed E-state index contributed by atoms with van der Waals surface area (Å²) < 4.78 is 29.4.